The van der Waals surface area contributed by atoms with E-state index in [1.807, 2.05) is 0 Å². The Balaban J connectivity index is 0. The molecule has 14 valence electrons. The van der Waals surface area contributed by atoms with Gasteiger partial charge in [0, 0.05) is 19.5 Å². The minimum atomic E-state index is 0. The Hall–Kier alpha value is 4.22. The molecule has 0 unspecified atom stereocenters. The molecule has 0 aliphatic heterocycles. The van der Waals surface area contributed by atoms with Crippen molar-refractivity contribution in [3.05, 3.63) is 0 Å². The van der Waals surface area contributed by atoms with Crippen molar-refractivity contribution < 1.29 is 28.0 Å². The van der Waals surface area contributed by atoms with Crippen LogP contribution in [-0.4, -0.2) is 110 Å². The molecule has 0 heterocycles. The Morgan fingerprint density at radius 3 is 1.25 bits per heavy atom. The van der Waals surface area contributed by atoms with Gasteiger partial charge in [-0.05, 0) is 0 Å². The minimum Gasteiger partial charge on any atom is -1.00 e. The molecule has 0 spiro atoms. The molecular formula is H6BaCaMgZn. The van der Waals surface area contributed by atoms with Gasteiger partial charge < -0.3 is 8.56 Å². The van der Waals surface area contributed by atoms with Crippen molar-refractivity contribution in [1.29, 1.82) is 0 Å². The second-order valence-electron chi connectivity index (χ2n) is 0. The van der Waals surface area contributed by atoms with Gasteiger partial charge in [-0.1, -0.05) is 0 Å². The van der Waals surface area contributed by atoms with Crippen molar-refractivity contribution in [3.8, 4) is 0 Å². The molecule has 0 aromatic rings. The maximum absolute atomic E-state index is 0. The Kier molecular flexibility index (Phi) is 94.3. The molecule has 0 aromatic heterocycles. The van der Waals surface area contributed by atoms with Crippen molar-refractivity contribution in [2.24, 2.45) is 0 Å². The van der Waals surface area contributed by atoms with E-state index >= 15 is 0 Å². The first kappa shape index (κ1) is 24.1. The largest absolute Gasteiger partial charge is 2.00 e. The third kappa shape index (κ3) is 9.52. The average Bonchev–Trinajstić information content (AvgIpc) is 0. The van der Waals surface area contributed by atoms with E-state index in [1.54, 1.807) is 0 Å². The molecule has 0 bridgehead atoms. The first-order valence-electron chi connectivity index (χ1n) is 0. The van der Waals surface area contributed by atoms with Crippen molar-refractivity contribution in [2.75, 3.05) is 0 Å². The summed E-state index contributed by atoms with van der Waals surface area (Å²) >= 11 is 0. The van der Waals surface area contributed by atoms with Crippen LogP contribution in [0.2, 0.25) is 0 Å². The molecule has 4 heavy (non-hydrogen) atoms. The third-order valence-electron chi connectivity index (χ3n) is 0. The summed E-state index contributed by atoms with van der Waals surface area (Å²) in [4.78, 5) is 0. The summed E-state index contributed by atoms with van der Waals surface area (Å²) in [5.41, 5.74) is 0. The molecule has 0 aliphatic rings. The van der Waals surface area contributed by atoms with Crippen LogP contribution in [-0.2, 0) is 19.5 Å². The van der Waals surface area contributed by atoms with Gasteiger partial charge in [-0.2, -0.15) is 0 Å². The molecule has 0 nitrogen and oxygen atoms in total. The number of rotatable bonds is 0. The molecular weight excluding hydrogens is 267 g/mol. The second-order valence-corrected chi connectivity index (χ2v) is 0. The first-order chi connectivity index (χ1) is 0. The molecule has 0 amide bonds. The topological polar surface area (TPSA) is 0 Å². The van der Waals surface area contributed by atoms with Crippen LogP contribution in [0.4, 0.5) is 0 Å². The van der Waals surface area contributed by atoms with Crippen molar-refractivity contribution in [2.45, 2.75) is 0 Å². The molecule has 0 atom stereocenters. The molecule has 0 aliphatic carbocycles. The summed E-state index contributed by atoms with van der Waals surface area (Å²) in [6.45, 7) is 0. The van der Waals surface area contributed by atoms with Crippen molar-refractivity contribution in [3.63, 3.8) is 0 Å². The van der Waals surface area contributed by atoms with Crippen LogP contribution >= 0.6 is 0 Å². The monoisotopic (exact) mass is 272 g/mol. The van der Waals surface area contributed by atoms with Gasteiger partial charge in [0.2, 0.25) is 0 Å². The zero-order valence-corrected chi connectivity index (χ0v) is 13.9. The predicted molar refractivity (Wildman–Crippen MR) is 23.9 cm³/mol. The summed E-state index contributed by atoms with van der Waals surface area (Å²) in [6, 6.07) is 0. The van der Waals surface area contributed by atoms with Crippen LogP contribution in [0.15, 0.2) is 0 Å². The maximum atomic E-state index is 0. The van der Waals surface area contributed by atoms with Gasteiger partial charge in [0.25, 0.3) is 0 Å². The normalized spacial score (nSPS) is 0. The average molecular weight is 273 g/mol. The Labute approximate surface area is 134 Å². The second kappa shape index (κ2) is 15.7. The quantitative estimate of drug-likeness (QED) is 0.524. The van der Waals surface area contributed by atoms with E-state index < -0.39 is 0 Å². The van der Waals surface area contributed by atoms with Gasteiger partial charge in [0.05, 0.1) is 0 Å². The van der Waals surface area contributed by atoms with Crippen LogP contribution in [0, 0.1) is 0 Å². The third-order valence-corrected chi connectivity index (χ3v) is 0. The molecule has 0 fully saturated rings. The van der Waals surface area contributed by atoms with E-state index in [0.29, 0.717) is 0 Å². The van der Waals surface area contributed by atoms with Crippen LogP contribution in [0.25, 0.3) is 0 Å². The van der Waals surface area contributed by atoms with E-state index in [0.717, 1.165) is 0 Å². The van der Waals surface area contributed by atoms with Crippen molar-refractivity contribution >= 4 is 110 Å². The van der Waals surface area contributed by atoms with E-state index in [4.69, 9.17) is 0 Å². The molecule has 4 heteroatoms. The van der Waals surface area contributed by atoms with Gasteiger partial charge in [-0.3, -0.25) is 0 Å². The summed E-state index contributed by atoms with van der Waals surface area (Å²) in [5.74, 6) is 0. The summed E-state index contributed by atoms with van der Waals surface area (Å²) < 4.78 is 0. The van der Waals surface area contributed by atoms with Gasteiger partial charge >= 0.3 is 110 Å². The van der Waals surface area contributed by atoms with E-state index in [9.17, 15) is 0 Å². The molecule has 0 saturated heterocycles. The van der Waals surface area contributed by atoms with Gasteiger partial charge in [-0.15, -0.1) is 0 Å². The van der Waals surface area contributed by atoms with Gasteiger partial charge in [0.15, 0.2) is 0 Å². The van der Waals surface area contributed by atoms with Crippen LogP contribution in [0.5, 0.6) is 0 Å². The fourth-order valence-corrected chi connectivity index (χ4v) is 0. The Morgan fingerprint density at radius 2 is 1.25 bits per heavy atom. The van der Waals surface area contributed by atoms with Crippen LogP contribution in [0.3, 0.4) is 0 Å². The van der Waals surface area contributed by atoms with E-state index in [2.05, 4.69) is 0 Å². The molecule has 0 aromatic carbocycles. The van der Waals surface area contributed by atoms with Crippen LogP contribution in [0.1, 0.15) is 8.56 Å². The fraction of sp³-hybridized carbons (Fsp3) is 0. The smallest absolute Gasteiger partial charge is 1.00 e. The Morgan fingerprint density at radius 1 is 1.25 bits per heavy atom. The summed E-state index contributed by atoms with van der Waals surface area (Å²) in [5, 5.41) is 0. The van der Waals surface area contributed by atoms with Gasteiger partial charge in [-0.25, -0.2) is 0 Å². The minimum absolute atomic E-state index is 0. The number of hydrogen-bond donors (Lipinski definition) is 0. The molecule has 0 saturated carbocycles. The number of hydrogen-bond acceptors (Lipinski definition) is 0. The van der Waals surface area contributed by atoms with E-state index in [-0.39, 0.29) is 138 Å². The zero-order chi connectivity index (χ0) is 0. The molecule has 0 radical (unpaired) electrons. The van der Waals surface area contributed by atoms with Crippen molar-refractivity contribution in [1.82, 2.24) is 0 Å². The zero-order valence-electron chi connectivity index (χ0n) is 8.83. The Bertz CT molecular complexity index is 17.7. The predicted octanol–water partition coefficient (Wildman–Crippen LogP) is -0.470. The fourth-order valence-electron chi connectivity index (χ4n) is 0. The summed E-state index contributed by atoms with van der Waals surface area (Å²) in [7, 11) is 0. The maximum Gasteiger partial charge on any atom is 2.00 e. The summed E-state index contributed by atoms with van der Waals surface area (Å²) in [6.07, 6.45) is 0. The van der Waals surface area contributed by atoms with E-state index in [1.165, 1.54) is 0 Å². The van der Waals surface area contributed by atoms with Crippen LogP contribution < -0.4 is 0 Å². The van der Waals surface area contributed by atoms with Gasteiger partial charge in [0.1, 0.15) is 0 Å². The molecule has 0 N–H and O–H groups in total. The standard InChI is InChI=1S/Ba.Ca.Mg.Zn.6H/q3*+2;;6*-1. The SMILES string of the molecule is [Ba+2].[Ca+2].[H-].[H-].[H-].[H-].[H-].[H-].[Mg+2].[Zn]. The first-order valence-corrected chi connectivity index (χ1v) is 0. The molecule has 0 rings (SSSR count).